The number of carbonyl (C=O) groups excluding carboxylic acids is 1. The fourth-order valence-corrected chi connectivity index (χ4v) is 5.55. The molecule has 4 nitrogen and oxygen atoms in total. The van der Waals surface area contributed by atoms with Gasteiger partial charge in [0.1, 0.15) is 0 Å². The van der Waals surface area contributed by atoms with Crippen molar-refractivity contribution in [3.8, 4) is 11.1 Å². The van der Waals surface area contributed by atoms with Crippen LogP contribution in [-0.2, 0) is 17.8 Å². The number of carbonyl (C=O) groups is 1. The van der Waals surface area contributed by atoms with E-state index in [0.29, 0.717) is 28.4 Å². The Balaban J connectivity index is 1.47. The van der Waals surface area contributed by atoms with Crippen molar-refractivity contribution in [2.75, 3.05) is 6.54 Å². The van der Waals surface area contributed by atoms with E-state index in [1.807, 2.05) is 29.2 Å². The maximum atomic E-state index is 13.0. The van der Waals surface area contributed by atoms with Crippen molar-refractivity contribution in [2.45, 2.75) is 71.4 Å². The summed E-state index contributed by atoms with van der Waals surface area (Å²) in [6.45, 7) is 6.09. The molecule has 162 valence electrons. The number of likely N-dealkylation sites (tertiary alicyclic amines) is 1. The van der Waals surface area contributed by atoms with Crippen LogP contribution in [0.15, 0.2) is 24.5 Å². The quantitative estimate of drug-likeness (QED) is 0.525. The summed E-state index contributed by atoms with van der Waals surface area (Å²) in [5.41, 5.74) is 2.86. The van der Waals surface area contributed by atoms with Crippen molar-refractivity contribution in [3.05, 3.63) is 40.1 Å². The maximum Gasteiger partial charge on any atom is 0.226 e. The highest BCUT2D eigenvalue weighted by Gasteiger charge is 2.36. The van der Waals surface area contributed by atoms with Gasteiger partial charge >= 0.3 is 0 Å². The largest absolute Gasteiger partial charge is 0.339 e. The van der Waals surface area contributed by atoms with Crippen LogP contribution in [0.4, 0.5) is 0 Å². The molecule has 2 heterocycles. The van der Waals surface area contributed by atoms with E-state index in [9.17, 15) is 4.79 Å². The molecule has 2 aliphatic rings. The average molecular weight is 448 g/mol. The molecule has 2 fully saturated rings. The van der Waals surface area contributed by atoms with Crippen LogP contribution in [0.2, 0.25) is 10.0 Å². The first kappa shape index (κ1) is 21.7. The number of aromatic nitrogens is 2. The van der Waals surface area contributed by atoms with Crippen molar-refractivity contribution in [3.63, 3.8) is 0 Å². The minimum Gasteiger partial charge on any atom is -0.339 e. The van der Waals surface area contributed by atoms with Crippen LogP contribution in [0, 0.1) is 11.8 Å². The number of nitrogens with zero attached hydrogens (tertiary/aromatic N) is 3. The summed E-state index contributed by atoms with van der Waals surface area (Å²) >= 11 is 13.3. The number of hydrogen-bond donors (Lipinski definition) is 0. The van der Waals surface area contributed by atoms with Gasteiger partial charge in [0.15, 0.2) is 0 Å². The Kier molecular flexibility index (Phi) is 6.74. The summed E-state index contributed by atoms with van der Waals surface area (Å²) in [6.07, 6.45) is 11.5. The molecule has 1 unspecified atom stereocenters. The lowest BCUT2D eigenvalue weighted by atomic mass is 9.93. The first-order chi connectivity index (χ1) is 14.4. The average Bonchev–Trinajstić information content (AvgIpc) is 3.31. The molecule has 0 radical (unpaired) electrons. The van der Waals surface area contributed by atoms with Gasteiger partial charge in [-0.3, -0.25) is 9.48 Å². The van der Waals surface area contributed by atoms with Crippen LogP contribution in [-0.4, -0.2) is 33.2 Å². The van der Waals surface area contributed by atoms with Crippen molar-refractivity contribution in [1.29, 1.82) is 0 Å². The molecule has 4 rings (SSSR count). The van der Waals surface area contributed by atoms with Gasteiger partial charge in [0.2, 0.25) is 5.91 Å². The zero-order valence-electron chi connectivity index (χ0n) is 17.9. The highest BCUT2D eigenvalue weighted by atomic mass is 35.5. The van der Waals surface area contributed by atoms with Gasteiger partial charge in [0.25, 0.3) is 0 Å². The summed E-state index contributed by atoms with van der Waals surface area (Å²) in [4.78, 5) is 15.2. The predicted molar refractivity (Wildman–Crippen MR) is 123 cm³/mol. The lowest BCUT2D eigenvalue weighted by molar-refractivity contribution is -0.133. The standard InChI is InChI=1S/C24H31Cl2N3O/c1-16(2)14-28-15-19(13-27-28)18-11-22(25)21(23(26)12-18)10-17-8-9-29(24(17)30)20-6-4-3-5-7-20/h11-13,15-17,20H,3-10,14H2,1-2H3. The lowest BCUT2D eigenvalue weighted by Gasteiger charge is -2.31. The van der Waals surface area contributed by atoms with Crippen LogP contribution < -0.4 is 0 Å². The molecule has 0 spiro atoms. The van der Waals surface area contributed by atoms with Crippen LogP contribution in [0.3, 0.4) is 0 Å². The van der Waals surface area contributed by atoms with Gasteiger partial charge in [-0.1, -0.05) is 56.3 Å². The summed E-state index contributed by atoms with van der Waals surface area (Å²) in [7, 11) is 0. The van der Waals surface area contributed by atoms with E-state index in [1.165, 1.54) is 19.3 Å². The van der Waals surface area contributed by atoms with Crippen molar-refractivity contribution in [1.82, 2.24) is 14.7 Å². The second-order valence-electron chi connectivity index (χ2n) is 9.28. The van der Waals surface area contributed by atoms with E-state index in [2.05, 4.69) is 23.8 Å². The third kappa shape index (κ3) is 4.70. The Morgan fingerprint density at radius 1 is 1.07 bits per heavy atom. The molecule has 2 aromatic rings. The molecule has 0 N–H and O–H groups in total. The Morgan fingerprint density at radius 3 is 2.43 bits per heavy atom. The predicted octanol–water partition coefficient (Wildman–Crippen LogP) is 6.24. The van der Waals surface area contributed by atoms with Crippen molar-refractivity contribution < 1.29 is 4.79 Å². The number of hydrogen-bond acceptors (Lipinski definition) is 2. The van der Waals surface area contributed by atoms with E-state index >= 15 is 0 Å². The molecule has 1 aliphatic heterocycles. The van der Waals surface area contributed by atoms with E-state index in [-0.39, 0.29) is 11.8 Å². The minimum atomic E-state index is -0.0124. The summed E-state index contributed by atoms with van der Waals surface area (Å²) in [6, 6.07) is 4.35. The smallest absolute Gasteiger partial charge is 0.226 e. The van der Waals surface area contributed by atoms with Crippen LogP contribution in [0.25, 0.3) is 11.1 Å². The van der Waals surface area contributed by atoms with Gasteiger partial charge in [-0.05, 0) is 54.9 Å². The van der Waals surface area contributed by atoms with Gasteiger partial charge < -0.3 is 4.90 Å². The van der Waals surface area contributed by atoms with Gasteiger partial charge in [0, 0.05) is 46.9 Å². The SMILES string of the molecule is CC(C)Cn1cc(-c2cc(Cl)c(CC3CCN(C4CCCCC4)C3=O)c(Cl)c2)cn1. The van der Waals surface area contributed by atoms with Crippen molar-refractivity contribution >= 4 is 29.1 Å². The number of rotatable bonds is 6. The normalized spacial score (nSPS) is 20.5. The molecule has 1 saturated carbocycles. The first-order valence-electron chi connectivity index (χ1n) is 11.2. The minimum absolute atomic E-state index is 0.0124. The Hall–Kier alpha value is -1.52. The molecule has 1 saturated heterocycles. The zero-order valence-corrected chi connectivity index (χ0v) is 19.4. The molecule has 1 aromatic heterocycles. The maximum absolute atomic E-state index is 13.0. The molecule has 1 atom stereocenters. The second kappa shape index (κ2) is 9.32. The van der Waals surface area contributed by atoms with E-state index in [1.54, 1.807) is 0 Å². The molecule has 1 amide bonds. The summed E-state index contributed by atoms with van der Waals surface area (Å²) in [5, 5.41) is 5.71. The summed E-state index contributed by atoms with van der Waals surface area (Å²) in [5.74, 6) is 0.805. The van der Waals surface area contributed by atoms with Crippen LogP contribution in [0.5, 0.6) is 0 Å². The Labute approximate surface area is 189 Å². The number of amides is 1. The van der Waals surface area contributed by atoms with Crippen LogP contribution in [0.1, 0.15) is 57.9 Å². The third-order valence-corrected chi connectivity index (χ3v) is 7.15. The number of halogens is 2. The molecular formula is C24H31Cl2N3O. The number of benzene rings is 1. The van der Waals surface area contributed by atoms with Gasteiger partial charge in [0.05, 0.1) is 6.20 Å². The Bertz CT molecular complexity index is 879. The second-order valence-corrected chi connectivity index (χ2v) is 10.1. The highest BCUT2D eigenvalue weighted by Crippen LogP contribution is 2.36. The topological polar surface area (TPSA) is 38.1 Å². The van der Waals surface area contributed by atoms with Crippen LogP contribution >= 0.6 is 23.2 Å². The van der Waals surface area contributed by atoms with Gasteiger partial charge in [-0.25, -0.2) is 0 Å². The zero-order chi connectivity index (χ0) is 21.3. The Morgan fingerprint density at radius 2 is 1.77 bits per heavy atom. The molecule has 0 bridgehead atoms. The summed E-state index contributed by atoms with van der Waals surface area (Å²) < 4.78 is 1.95. The molecule has 1 aliphatic carbocycles. The first-order valence-corrected chi connectivity index (χ1v) is 12.0. The lowest BCUT2D eigenvalue weighted by Crippen LogP contribution is -2.39. The molecule has 6 heteroatoms. The monoisotopic (exact) mass is 447 g/mol. The highest BCUT2D eigenvalue weighted by molar-refractivity contribution is 6.36. The van der Waals surface area contributed by atoms with Gasteiger partial charge in [-0.2, -0.15) is 5.10 Å². The van der Waals surface area contributed by atoms with Crippen molar-refractivity contribution in [2.24, 2.45) is 11.8 Å². The van der Waals surface area contributed by atoms with E-state index in [4.69, 9.17) is 23.2 Å². The fraction of sp³-hybridized carbons (Fsp3) is 0.583. The molecule has 30 heavy (non-hydrogen) atoms. The van der Waals surface area contributed by atoms with Gasteiger partial charge in [-0.15, -0.1) is 0 Å². The third-order valence-electron chi connectivity index (χ3n) is 6.48. The molecule has 1 aromatic carbocycles. The fourth-order valence-electron chi connectivity index (χ4n) is 4.91. The van der Waals surface area contributed by atoms with E-state index < -0.39 is 0 Å². The van der Waals surface area contributed by atoms with E-state index in [0.717, 1.165) is 49.0 Å². The molecular weight excluding hydrogens is 417 g/mol.